The van der Waals surface area contributed by atoms with Crippen LogP contribution in [-0.4, -0.2) is 12.8 Å². The molecule has 0 N–H and O–H groups in total. The second-order valence-electron chi connectivity index (χ2n) is 4.58. The summed E-state index contributed by atoms with van der Waals surface area (Å²) in [6.07, 6.45) is 1.64. The average Bonchev–Trinajstić information content (AvgIpc) is 2.46. The molecule has 2 aromatic rings. The number of rotatable bonds is 4. The molecule has 0 bridgehead atoms. The molecule has 0 fully saturated rings. The zero-order valence-corrected chi connectivity index (χ0v) is 15.1. The van der Waals surface area contributed by atoms with Gasteiger partial charge in [-0.2, -0.15) is 0 Å². The van der Waals surface area contributed by atoms with Gasteiger partial charge < -0.3 is 0 Å². The predicted octanol–water partition coefficient (Wildman–Crippen LogP) is 4.90. The van der Waals surface area contributed by atoms with Gasteiger partial charge in [0.1, 0.15) is 0 Å². The third kappa shape index (κ3) is 3.87. The molecule has 5 heteroatoms. The number of hydrogen-bond donors (Lipinski definition) is 0. The van der Waals surface area contributed by atoms with Crippen LogP contribution in [0, 0.1) is 6.92 Å². The summed E-state index contributed by atoms with van der Waals surface area (Å²) < 4.78 is 25.7. The van der Waals surface area contributed by atoms with Crippen molar-refractivity contribution in [2.24, 2.45) is 0 Å². The zero-order valence-electron chi connectivity index (χ0n) is 11.4. The van der Waals surface area contributed by atoms with E-state index in [0.717, 1.165) is 5.56 Å². The van der Waals surface area contributed by atoms with Crippen molar-refractivity contribution in [2.45, 2.75) is 11.8 Å². The van der Waals surface area contributed by atoms with Gasteiger partial charge in [-0.1, -0.05) is 70.1 Å². The highest BCUT2D eigenvalue weighted by atomic mass is 127. The van der Waals surface area contributed by atoms with Crippen LogP contribution in [0.25, 0.3) is 6.08 Å². The van der Waals surface area contributed by atoms with Crippen molar-refractivity contribution in [1.82, 2.24) is 0 Å². The minimum absolute atomic E-state index is 0.308. The van der Waals surface area contributed by atoms with E-state index in [1.807, 2.05) is 19.1 Å². The summed E-state index contributed by atoms with van der Waals surface area (Å²) in [5, 5.41) is 0.541. The number of sulfone groups is 1. The fourth-order valence-electron chi connectivity index (χ4n) is 1.82. The zero-order chi connectivity index (χ0) is 15.5. The maximum Gasteiger partial charge on any atom is 0.203 e. The molecule has 0 aromatic heterocycles. The molecule has 0 saturated carbocycles. The number of aryl methyl sites for hydroxylation is 1. The van der Waals surface area contributed by atoms with Crippen LogP contribution >= 0.6 is 34.2 Å². The highest BCUT2D eigenvalue weighted by molar-refractivity contribution is 14.1. The number of halogens is 2. The first-order valence-corrected chi connectivity index (χ1v) is 9.66. The Morgan fingerprint density at radius 1 is 1.14 bits per heavy atom. The van der Waals surface area contributed by atoms with Crippen LogP contribution in [0.1, 0.15) is 11.1 Å². The molecule has 110 valence electrons. The topological polar surface area (TPSA) is 34.1 Å². The van der Waals surface area contributed by atoms with E-state index in [9.17, 15) is 8.42 Å². The van der Waals surface area contributed by atoms with Crippen LogP contribution in [0.3, 0.4) is 0 Å². The lowest BCUT2D eigenvalue weighted by Gasteiger charge is -2.08. The average molecular weight is 433 g/mol. The SMILES string of the molecule is Cc1ccc(S(=O)(=O)C(=Cc2ccccc2Cl)CI)cc1. The van der Waals surface area contributed by atoms with Gasteiger partial charge in [-0.05, 0) is 36.8 Å². The summed E-state index contributed by atoms with van der Waals surface area (Å²) in [7, 11) is -3.49. The monoisotopic (exact) mass is 432 g/mol. The summed E-state index contributed by atoms with van der Waals surface area (Å²) in [6.45, 7) is 1.93. The number of benzene rings is 2. The first-order chi connectivity index (χ1) is 9.95. The molecule has 2 nitrogen and oxygen atoms in total. The molecule has 0 amide bonds. The van der Waals surface area contributed by atoms with Gasteiger partial charge in [0.05, 0.1) is 9.80 Å². The Hall–Kier alpha value is -0.850. The van der Waals surface area contributed by atoms with Crippen molar-refractivity contribution in [2.75, 3.05) is 4.43 Å². The Morgan fingerprint density at radius 3 is 2.33 bits per heavy atom. The first kappa shape index (κ1) is 16.5. The third-order valence-corrected chi connectivity index (χ3v) is 6.56. The summed E-state index contributed by atoms with van der Waals surface area (Å²) >= 11 is 8.16. The summed E-state index contributed by atoms with van der Waals surface area (Å²) in [5.41, 5.74) is 1.74. The van der Waals surface area contributed by atoms with Crippen molar-refractivity contribution >= 4 is 50.1 Å². The van der Waals surface area contributed by atoms with Gasteiger partial charge in [0, 0.05) is 9.45 Å². The van der Waals surface area contributed by atoms with Crippen LogP contribution in [-0.2, 0) is 9.84 Å². The van der Waals surface area contributed by atoms with E-state index < -0.39 is 9.84 Å². The van der Waals surface area contributed by atoms with E-state index in [0.29, 0.717) is 24.8 Å². The molecule has 0 spiro atoms. The predicted molar refractivity (Wildman–Crippen MR) is 96.7 cm³/mol. The van der Waals surface area contributed by atoms with Crippen LogP contribution in [0.2, 0.25) is 5.02 Å². The van der Waals surface area contributed by atoms with Crippen LogP contribution in [0.15, 0.2) is 58.3 Å². The lowest BCUT2D eigenvalue weighted by molar-refractivity contribution is 0.602. The van der Waals surface area contributed by atoms with Gasteiger partial charge in [0.2, 0.25) is 9.84 Å². The van der Waals surface area contributed by atoms with Crippen molar-refractivity contribution in [3.8, 4) is 0 Å². The fraction of sp³-hybridized carbons (Fsp3) is 0.125. The maximum absolute atomic E-state index is 12.7. The molecule has 0 aliphatic carbocycles. The largest absolute Gasteiger partial charge is 0.219 e. The lowest BCUT2D eigenvalue weighted by Crippen LogP contribution is -2.06. The molecule has 0 unspecified atom stereocenters. The molecule has 0 atom stereocenters. The van der Waals surface area contributed by atoms with Crippen LogP contribution < -0.4 is 0 Å². The minimum Gasteiger partial charge on any atom is -0.219 e. The van der Waals surface area contributed by atoms with Crippen molar-refractivity contribution in [1.29, 1.82) is 0 Å². The van der Waals surface area contributed by atoms with E-state index >= 15 is 0 Å². The highest BCUT2D eigenvalue weighted by Gasteiger charge is 2.19. The van der Waals surface area contributed by atoms with Gasteiger partial charge in [0.15, 0.2) is 0 Å². The van der Waals surface area contributed by atoms with E-state index in [-0.39, 0.29) is 0 Å². The van der Waals surface area contributed by atoms with Gasteiger partial charge in [-0.25, -0.2) is 8.42 Å². The Labute approximate surface area is 143 Å². The quantitative estimate of drug-likeness (QED) is 0.509. The highest BCUT2D eigenvalue weighted by Crippen LogP contribution is 2.26. The normalized spacial score (nSPS) is 12.4. The van der Waals surface area contributed by atoms with E-state index in [4.69, 9.17) is 11.6 Å². The Bertz CT molecular complexity index is 765. The van der Waals surface area contributed by atoms with E-state index in [1.54, 1.807) is 42.5 Å². The molecular formula is C16H14ClIO2S. The minimum atomic E-state index is -3.49. The Balaban J connectivity index is 2.50. The molecular weight excluding hydrogens is 419 g/mol. The summed E-state index contributed by atoms with van der Waals surface area (Å²) in [4.78, 5) is 0.656. The third-order valence-electron chi connectivity index (χ3n) is 3.03. The first-order valence-electron chi connectivity index (χ1n) is 6.28. The molecule has 2 rings (SSSR count). The number of hydrogen-bond acceptors (Lipinski definition) is 2. The van der Waals surface area contributed by atoms with Crippen molar-refractivity contribution < 1.29 is 8.42 Å². The van der Waals surface area contributed by atoms with Gasteiger partial charge >= 0.3 is 0 Å². The number of allylic oxidation sites excluding steroid dienone is 1. The van der Waals surface area contributed by atoms with Crippen LogP contribution in [0.4, 0.5) is 0 Å². The van der Waals surface area contributed by atoms with Gasteiger partial charge in [0.25, 0.3) is 0 Å². The molecule has 0 heterocycles. The molecule has 21 heavy (non-hydrogen) atoms. The molecule has 0 saturated heterocycles. The van der Waals surface area contributed by atoms with E-state index in [1.165, 1.54) is 0 Å². The standard InChI is InChI=1S/C16H14ClIO2S/c1-12-6-8-14(9-7-12)21(19,20)15(11-18)10-13-4-2-3-5-16(13)17/h2-10H,11H2,1H3. The Morgan fingerprint density at radius 2 is 1.76 bits per heavy atom. The van der Waals surface area contributed by atoms with Gasteiger partial charge in [-0.15, -0.1) is 0 Å². The summed E-state index contributed by atoms with van der Waals surface area (Å²) in [6, 6.07) is 14.1. The maximum atomic E-state index is 12.7. The molecule has 0 aliphatic rings. The second kappa shape index (κ2) is 6.94. The Kier molecular flexibility index (Phi) is 5.46. The van der Waals surface area contributed by atoms with E-state index in [2.05, 4.69) is 22.6 Å². The smallest absolute Gasteiger partial charge is 0.203 e. The molecule has 0 aliphatic heterocycles. The molecule has 0 radical (unpaired) electrons. The lowest BCUT2D eigenvalue weighted by atomic mass is 10.2. The second-order valence-corrected chi connectivity index (χ2v) is 7.75. The molecule has 2 aromatic carbocycles. The van der Waals surface area contributed by atoms with Crippen molar-refractivity contribution in [3.05, 3.63) is 69.6 Å². The number of alkyl halides is 1. The summed E-state index contributed by atoms with van der Waals surface area (Å²) in [5.74, 6) is 0. The van der Waals surface area contributed by atoms with Crippen LogP contribution in [0.5, 0.6) is 0 Å². The fourth-order valence-corrected chi connectivity index (χ4v) is 4.69. The van der Waals surface area contributed by atoms with Gasteiger partial charge in [-0.3, -0.25) is 0 Å². The van der Waals surface area contributed by atoms with Crippen molar-refractivity contribution in [3.63, 3.8) is 0 Å².